The first-order valence-corrected chi connectivity index (χ1v) is 10.3. The number of amides is 2. The van der Waals surface area contributed by atoms with Crippen molar-refractivity contribution >= 4 is 23.2 Å². The maximum Gasteiger partial charge on any atom is 0.253 e. The van der Waals surface area contributed by atoms with Gasteiger partial charge in [-0.15, -0.1) is 0 Å². The molecule has 1 saturated heterocycles. The van der Waals surface area contributed by atoms with E-state index in [0.717, 1.165) is 13.1 Å². The molecule has 2 fully saturated rings. The Hall–Kier alpha value is -2.03. The van der Waals surface area contributed by atoms with Crippen LogP contribution in [0.3, 0.4) is 0 Å². The van der Waals surface area contributed by atoms with Gasteiger partial charge in [-0.2, -0.15) is 0 Å². The number of nitrogens with two attached hydrogens (primary N) is 1. The number of nitrogens with zero attached hydrogens (tertiary/aromatic N) is 2. The molecule has 1 aromatic carbocycles. The van der Waals surface area contributed by atoms with Gasteiger partial charge >= 0.3 is 0 Å². The molecule has 0 aromatic heterocycles. The zero-order valence-corrected chi connectivity index (χ0v) is 17.2. The second kappa shape index (κ2) is 9.65. The summed E-state index contributed by atoms with van der Waals surface area (Å²) < 4.78 is 19.7. The fourth-order valence-electron chi connectivity index (χ4n) is 3.65. The Balaban J connectivity index is 1.69. The lowest BCUT2D eigenvalue weighted by atomic mass is 10.1. The van der Waals surface area contributed by atoms with E-state index in [4.69, 9.17) is 10.5 Å². The highest BCUT2D eigenvalue weighted by Crippen LogP contribution is 2.31. The maximum absolute atomic E-state index is 14.6. The number of carbonyl (C=O) groups is 2. The molecule has 0 bridgehead atoms. The van der Waals surface area contributed by atoms with Crippen LogP contribution < -0.4 is 16.0 Å². The Bertz CT molecular complexity index is 735. The number of hydrogen-bond acceptors (Lipinski definition) is 5. The smallest absolute Gasteiger partial charge is 0.253 e. The van der Waals surface area contributed by atoms with Gasteiger partial charge in [0.2, 0.25) is 5.91 Å². The van der Waals surface area contributed by atoms with Crippen LogP contribution in [0.1, 0.15) is 26.7 Å². The fourth-order valence-corrected chi connectivity index (χ4v) is 3.65. The van der Waals surface area contributed by atoms with Crippen molar-refractivity contribution < 1.29 is 18.7 Å². The van der Waals surface area contributed by atoms with Crippen molar-refractivity contribution in [1.82, 2.24) is 4.90 Å². The third-order valence-corrected chi connectivity index (χ3v) is 5.25. The van der Waals surface area contributed by atoms with Crippen LogP contribution in [0.4, 0.5) is 15.8 Å². The van der Waals surface area contributed by atoms with Crippen LogP contribution in [0.25, 0.3) is 0 Å². The van der Waals surface area contributed by atoms with Crippen LogP contribution >= 0.6 is 0 Å². The standard InChI is InChI=1S/C21H31FN4O3/c1-14(2)11-25(12-15-3-4-15)19(10-23)21(28)24-16-5-6-18(17(22)9-16)26-7-8-29-13-20(26)27/h5-6,9,14-15,19H,3-4,7-8,10-13,23H2,1-2H3,(H,24,28)/t19-/m0/s1. The second-order valence-corrected chi connectivity index (χ2v) is 8.30. The van der Waals surface area contributed by atoms with Crippen molar-refractivity contribution in [3.63, 3.8) is 0 Å². The molecular formula is C21H31FN4O3. The van der Waals surface area contributed by atoms with Gasteiger partial charge in [0.15, 0.2) is 0 Å². The lowest BCUT2D eigenvalue weighted by Crippen LogP contribution is -2.50. The van der Waals surface area contributed by atoms with Gasteiger partial charge in [0.1, 0.15) is 18.5 Å². The van der Waals surface area contributed by atoms with Crippen molar-refractivity contribution in [3.8, 4) is 0 Å². The predicted octanol–water partition coefficient (Wildman–Crippen LogP) is 1.82. The van der Waals surface area contributed by atoms with Crippen molar-refractivity contribution in [2.24, 2.45) is 17.6 Å². The van der Waals surface area contributed by atoms with Crippen LogP contribution in [-0.4, -0.2) is 62.1 Å². The minimum Gasteiger partial charge on any atom is -0.370 e. The molecule has 7 nitrogen and oxygen atoms in total. The predicted molar refractivity (Wildman–Crippen MR) is 110 cm³/mol. The number of anilines is 2. The molecule has 2 aliphatic rings. The number of ether oxygens (including phenoxy) is 1. The van der Waals surface area contributed by atoms with Crippen LogP contribution in [0.5, 0.6) is 0 Å². The number of nitrogens with one attached hydrogen (secondary N) is 1. The third kappa shape index (κ3) is 5.74. The minimum atomic E-state index is -0.556. The maximum atomic E-state index is 14.6. The summed E-state index contributed by atoms with van der Waals surface area (Å²) in [5.74, 6) is -0.0147. The van der Waals surface area contributed by atoms with E-state index < -0.39 is 11.9 Å². The Kier molecular flexibility index (Phi) is 7.21. The molecule has 1 aliphatic carbocycles. The second-order valence-electron chi connectivity index (χ2n) is 8.30. The molecule has 0 spiro atoms. The van der Waals surface area contributed by atoms with Gasteiger partial charge in [0.25, 0.3) is 5.91 Å². The Labute approximate surface area is 171 Å². The number of benzene rings is 1. The number of morpholine rings is 1. The molecule has 1 aliphatic heterocycles. The molecule has 1 saturated carbocycles. The van der Waals surface area contributed by atoms with Gasteiger partial charge in [-0.05, 0) is 42.9 Å². The summed E-state index contributed by atoms with van der Waals surface area (Å²) in [6.07, 6.45) is 2.39. The van der Waals surface area contributed by atoms with Gasteiger partial charge in [0.05, 0.1) is 12.3 Å². The number of halogens is 1. The molecule has 1 atom stereocenters. The number of carbonyl (C=O) groups excluding carboxylic acids is 2. The fraction of sp³-hybridized carbons (Fsp3) is 0.619. The van der Waals surface area contributed by atoms with Crippen molar-refractivity contribution in [2.75, 3.05) is 49.6 Å². The van der Waals surface area contributed by atoms with Crippen LogP contribution in [0, 0.1) is 17.7 Å². The summed E-state index contributed by atoms with van der Waals surface area (Å²) in [4.78, 5) is 28.3. The Morgan fingerprint density at radius 1 is 1.41 bits per heavy atom. The van der Waals surface area contributed by atoms with E-state index in [1.165, 1.54) is 29.9 Å². The Morgan fingerprint density at radius 2 is 2.17 bits per heavy atom. The van der Waals surface area contributed by atoms with E-state index in [1.807, 2.05) is 0 Å². The molecule has 160 valence electrons. The highest BCUT2D eigenvalue weighted by atomic mass is 19.1. The first kappa shape index (κ1) is 21.7. The molecule has 1 aromatic rings. The van der Waals surface area contributed by atoms with Gasteiger partial charge < -0.3 is 20.7 Å². The third-order valence-electron chi connectivity index (χ3n) is 5.25. The first-order valence-electron chi connectivity index (χ1n) is 10.3. The normalized spacial score (nSPS) is 18.4. The summed E-state index contributed by atoms with van der Waals surface area (Å²) in [7, 11) is 0. The molecule has 3 rings (SSSR count). The summed E-state index contributed by atoms with van der Waals surface area (Å²) in [6.45, 7) is 6.71. The van der Waals surface area contributed by atoms with E-state index in [-0.39, 0.29) is 30.7 Å². The van der Waals surface area contributed by atoms with Crippen LogP contribution in [-0.2, 0) is 14.3 Å². The van der Waals surface area contributed by atoms with Crippen molar-refractivity contribution in [2.45, 2.75) is 32.7 Å². The summed E-state index contributed by atoms with van der Waals surface area (Å²) in [5, 5.41) is 2.79. The largest absolute Gasteiger partial charge is 0.370 e. The molecule has 2 amide bonds. The van der Waals surface area contributed by atoms with Crippen molar-refractivity contribution in [3.05, 3.63) is 24.0 Å². The molecule has 0 radical (unpaired) electrons. The zero-order chi connectivity index (χ0) is 21.0. The Morgan fingerprint density at radius 3 is 2.76 bits per heavy atom. The topological polar surface area (TPSA) is 87.9 Å². The monoisotopic (exact) mass is 406 g/mol. The average molecular weight is 407 g/mol. The van der Waals surface area contributed by atoms with Gasteiger partial charge in [-0.25, -0.2) is 4.39 Å². The molecular weight excluding hydrogens is 375 g/mol. The lowest BCUT2D eigenvalue weighted by molar-refractivity contribution is -0.125. The first-order chi connectivity index (χ1) is 13.9. The van der Waals surface area contributed by atoms with E-state index in [1.54, 1.807) is 6.07 Å². The van der Waals surface area contributed by atoms with Crippen LogP contribution in [0.15, 0.2) is 18.2 Å². The molecule has 0 unspecified atom stereocenters. The molecule has 29 heavy (non-hydrogen) atoms. The number of hydrogen-bond donors (Lipinski definition) is 2. The SMILES string of the molecule is CC(C)CN(CC1CC1)[C@@H](CN)C(=O)Nc1ccc(N2CCOCC2=O)c(F)c1. The van der Waals surface area contributed by atoms with E-state index in [0.29, 0.717) is 30.7 Å². The van der Waals surface area contributed by atoms with E-state index in [2.05, 4.69) is 24.1 Å². The minimum absolute atomic E-state index is 0.0528. The quantitative estimate of drug-likeness (QED) is 0.653. The summed E-state index contributed by atoms with van der Waals surface area (Å²) in [6, 6.07) is 3.92. The van der Waals surface area contributed by atoms with Crippen molar-refractivity contribution in [1.29, 1.82) is 0 Å². The van der Waals surface area contributed by atoms with E-state index in [9.17, 15) is 14.0 Å². The molecule has 1 heterocycles. The van der Waals surface area contributed by atoms with Gasteiger partial charge in [-0.3, -0.25) is 14.5 Å². The number of rotatable bonds is 9. The average Bonchev–Trinajstić information content (AvgIpc) is 3.47. The van der Waals surface area contributed by atoms with E-state index >= 15 is 0 Å². The zero-order valence-electron chi connectivity index (χ0n) is 17.2. The highest BCUT2D eigenvalue weighted by molar-refractivity contribution is 5.97. The summed E-state index contributed by atoms with van der Waals surface area (Å²) >= 11 is 0. The lowest BCUT2D eigenvalue weighted by Gasteiger charge is -2.31. The molecule has 8 heteroatoms. The summed E-state index contributed by atoms with van der Waals surface area (Å²) in [5.41, 5.74) is 6.48. The molecule has 3 N–H and O–H groups in total. The van der Waals surface area contributed by atoms with Gasteiger partial charge in [0, 0.05) is 31.9 Å². The van der Waals surface area contributed by atoms with Crippen LogP contribution in [0.2, 0.25) is 0 Å². The van der Waals surface area contributed by atoms with Gasteiger partial charge in [-0.1, -0.05) is 13.8 Å². The highest BCUT2D eigenvalue weighted by Gasteiger charge is 2.31.